The SMILES string of the molecule is CCCCN(C(=O)CN1CC(c2ccc3c(c2)OCO3)C(C(=O)O)C1c1ccc(OC)cc1)c1ccccc1OC. The van der Waals surface area contributed by atoms with Crippen LogP contribution in [-0.4, -0.2) is 62.5 Å². The third kappa shape index (κ3) is 5.81. The molecule has 216 valence electrons. The number of nitrogens with zero attached hydrogens (tertiary/aromatic N) is 2. The highest BCUT2D eigenvalue weighted by Crippen LogP contribution is 2.48. The number of aliphatic carboxylic acids is 1. The molecule has 9 nitrogen and oxygen atoms in total. The monoisotopic (exact) mass is 560 g/mol. The lowest BCUT2D eigenvalue weighted by atomic mass is 9.82. The van der Waals surface area contributed by atoms with Crippen LogP contribution in [0.2, 0.25) is 0 Å². The molecule has 0 spiro atoms. The summed E-state index contributed by atoms with van der Waals surface area (Å²) in [5.74, 6) is 0.323. The zero-order valence-electron chi connectivity index (χ0n) is 23.6. The normalized spacial score (nSPS) is 19.6. The highest BCUT2D eigenvalue weighted by molar-refractivity contribution is 5.96. The van der Waals surface area contributed by atoms with Crippen LogP contribution in [-0.2, 0) is 9.59 Å². The number of carboxylic acids is 1. The average molecular weight is 561 g/mol. The van der Waals surface area contributed by atoms with Crippen molar-refractivity contribution in [1.29, 1.82) is 0 Å². The molecule has 9 heteroatoms. The second-order valence-electron chi connectivity index (χ2n) is 10.3. The second-order valence-corrected chi connectivity index (χ2v) is 10.3. The van der Waals surface area contributed by atoms with Gasteiger partial charge in [-0.2, -0.15) is 0 Å². The number of fused-ring (bicyclic) bond motifs is 1. The molecule has 0 saturated carbocycles. The van der Waals surface area contributed by atoms with Crippen molar-refractivity contribution in [2.75, 3.05) is 45.5 Å². The number of ether oxygens (including phenoxy) is 4. The third-order valence-corrected chi connectivity index (χ3v) is 7.92. The molecule has 41 heavy (non-hydrogen) atoms. The van der Waals surface area contributed by atoms with Crippen molar-refractivity contribution >= 4 is 17.6 Å². The van der Waals surface area contributed by atoms with E-state index < -0.39 is 17.9 Å². The van der Waals surface area contributed by atoms with E-state index in [2.05, 4.69) is 6.92 Å². The Kier molecular flexibility index (Phi) is 8.64. The molecule has 3 aromatic rings. The number of rotatable bonds is 11. The van der Waals surface area contributed by atoms with Crippen LogP contribution in [0.4, 0.5) is 5.69 Å². The summed E-state index contributed by atoms with van der Waals surface area (Å²) >= 11 is 0. The van der Waals surface area contributed by atoms with Crippen molar-refractivity contribution in [3.63, 3.8) is 0 Å². The predicted molar refractivity (Wildman–Crippen MR) is 154 cm³/mol. The number of para-hydroxylation sites is 2. The fourth-order valence-corrected chi connectivity index (χ4v) is 5.88. The summed E-state index contributed by atoms with van der Waals surface area (Å²) in [7, 11) is 3.18. The van der Waals surface area contributed by atoms with Gasteiger partial charge in [0.1, 0.15) is 11.5 Å². The largest absolute Gasteiger partial charge is 0.497 e. The van der Waals surface area contributed by atoms with Crippen molar-refractivity contribution < 1.29 is 33.6 Å². The smallest absolute Gasteiger partial charge is 0.309 e. The van der Waals surface area contributed by atoms with Gasteiger partial charge in [0.15, 0.2) is 11.5 Å². The van der Waals surface area contributed by atoms with E-state index in [4.69, 9.17) is 18.9 Å². The topological polar surface area (TPSA) is 97.8 Å². The molecule has 0 aliphatic carbocycles. The van der Waals surface area contributed by atoms with Crippen LogP contribution in [0.25, 0.3) is 0 Å². The number of likely N-dealkylation sites (tertiary alicyclic amines) is 1. The summed E-state index contributed by atoms with van der Waals surface area (Å²) in [5.41, 5.74) is 2.35. The fourth-order valence-electron chi connectivity index (χ4n) is 5.88. The molecule has 0 radical (unpaired) electrons. The number of hydrogen-bond donors (Lipinski definition) is 1. The molecule has 3 atom stereocenters. The molecular weight excluding hydrogens is 524 g/mol. The number of hydrogen-bond acceptors (Lipinski definition) is 7. The molecular formula is C32H36N2O7. The zero-order chi connectivity index (χ0) is 28.9. The minimum absolute atomic E-state index is 0.0449. The van der Waals surface area contributed by atoms with E-state index in [0.29, 0.717) is 41.8 Å². The number of amides is 1. The maximum atomic E-state index is 14.0. The quantitative estimate of drug-likeness (QED) is 0.346. The van der Waals surface area contributed by atoms with Crippen LogP contribution in [0.3, 0.4) is 0 Å². The molecule has 1 amide bonds. The van der Waals surface area contributed by atoms with Gasteiger partial charge in [0, 0.05) is 25.0 Å². The van der Waals surface area contributed by atoms with Gasteiger partial charge in [-0.3, -0.25) is 14.5 Å². The highest BCUT2D eigenvalue weighted by atomic mass is 16.7. The first kappa shape index (κ1) is 28.3. The summed E-state index contributed by atoms with van der Waals surface area (Å²) < 4.78 is 22.0. The molecule has 3 unspecified atom stereocenters. The number of unbranched alkanes of at least 4 members (excludes halogenated alkanes) is 1. The molecule has 1 N–H and O–H groups in total. The fraction of sp³-hybridized carbons (Fsp3) is 0.375. The minimum atomic E-state index is -0.920. The van der Waals surface area contributed by atoms with Gasteiger partial charge in [-0.25, -0.2) is 0 Å². The molecule has 1 fully saturated rings. The van der Waals surface area contributed by atoms with Crippen LogP contribution in [0.15, 0.2) is 66.7 Å². The van der Waals surface area contributed by atoms with Crippen molar-refractivity contribution in [1.82, 2.24) is 4.90 Å². The number of benzene rings is 3. The third-order valence-electron chi connectivity index (χ3n) is 7.92. The van der Waals surface area contributed by atoms with E-state index in [-0.39, 0.29) is 25.2 Å². The standard InChI is InChI=1S/C32H36N2O7/c1-4-5-16-34(25-8-6-7-9-26(25)39-3)29(35)19-33-18-24(22-12-15-27-28(17-22)41-20-40-27)30(32(36)37)31(33)21-10-13-23(38-2)14-11-21/h6-15,17,24,30-31H,4-5,16,18-20H2,1-3H3,(H,36,37). The molecule has 0 aromatic heterocycles. The van der Waals surface area contributed by atoms with E-state index in [1.54, 1.807) is 19.1 Å². The van der Waals surface area contributed by atoms with Crippen LogP contribution in [0.1, 0.15) is 42.9 Å². The number of anilines is 1. The Morgan fingerprint density at radius 3 is 2.41 bits per heavy atom. The van der Waals surface area contributed by atoms with Crippen molar-refractivity contribution in [2.45, 2.75) is 31.7 Å². The van der Waals surface area contributed by atoms with Crippen LogP contribution in [0, 0.1) is 5.92 Å². The molecule has 3 aromatic carbocycles. The van der Waals surface area contributed by atoms with Crippen LogP contribution >= 0.6 is 0 Å². The molecule has 2 heterocycles. The first-order chi connectivity index (χ1) is 19.9. The Hall–Kier alpha value is -4.24. The van der Waals surface area contributed by atoms with Crippen molar-refractivity contribution in [2.24, 2.45) is 5.92 Å². The lowest BCUT2D eigenvalue weighted by Gasteiger charge is -2.30. The first-order valence-corrected chi connectivity index (χ1v) is 13.9. The molecule has 1 saturated heterocycles. The Morgan fingerprint density at radius 1 is 0.976 bits per heavy atom. The maximum Gasteiger partial charge on any atom is 0.309 e. The molecule has 5 rings (SSSR count). The molecule has 0 bridgehead atoms. The van der Waals surface area contributed by atoms with Crippen LogP contribution < -0.4 is 23.8 Å². The van der Waals surface area contributed by atoms with E-state index >= 15 is 0 Å². The lowest BCUT2D eigenvalue weighted by Crippen LogP contribution is -2.41. The van der Waals surface area contributed by atoms with Gasteiger partial charge in [0.2, 0.25) is 12.7 Å². The Labute approximate surface area is 240 Å². The van der Waals surface area contributed by atoms with Crippen molar-refractivity contribution in [3.8, 4) is 23.0 Å². The van der Waals surface area contributed by atoms with Gasteiger partial charge in [-0.15, -0.1) is 0 Å². The second kappa shape index (κ2) is 12.5. The summed E-state index contributed by atoms with van der Waals surface area (Å²) in [6.07, 6.45) is 1.74. The van der Waals surface area contributed by atoms with E-state index in [1.807, 2.05) is 71.6 Å². The van der Waals surface area contributed by atoms with Gasteiger partial charge >= 0.3 is 5.97 Å². The van der Waals surface area contributed by atoms with E-state index in [1.165, 1.54) is 0 Å². The minimum Gasteiger partial charge on any atom is -0.497 e. The Morgan fingerprint density at radius 2 is 1.71 bits per heavy atom. The maximum absolute atomic E-state index is 14.0. The van der Waals surface area contributed by atoms with Crippen molar-refractivity contribution in [3.05, 3.63) is 77.9 Å². The van der Waals surface area contributed by atoms with Gasteiger partial charge in [-0.05, 0) is 53.9 Å². The average Bonchev–Trinajstić information content (AvgIpc) is 3.62. The van der Waals surface area contributed by atoms with Gasteiger partial charge in [-0.1, -0.05) is 43.7 Å². The Bertz CT molecular complexity index is 1380. The Balaban J connectivity index is 1.52. The summed E-state index contributed by atoms with van der Waals surface area (Å²) in [4.78, 5) is 30.7. The first-order valence-electron chi connectivity index (χ1n) is 13.9. The summed E-state index contributed by atoms with van der Waals surface area (Å²) in [6, 6.07) is 19.9. The summed E-state index contributed by atoms with van der Waals surface area (Å²) in [5, 5.41) is 10.6. The van der Waals surface area contributed by atoms with E-state index in [0.717, 1.165) is 24.0 Å². The number of carbonyl (C=O) groups is 2. The van der Waals surface area contributed by atoms with Gasteiger partial charge < -0.3 is 29.0 Å². The molecule has 2 aliphatic rings. The zero-order valence-corrected chi connectivity index (χ0v) is 23.6. The number of carboxylic acid groups (broad SMARTS) is 1. The highest BCUT2D eigenvalue weighted by Gasteiger charge is 2.48. The van der Waals surface area contributed by atoms with Crippen LogP contribution in [0.5, 0.6) is 23.0 Å². The number of carbonyl (C=O) groups excluding carboxylic acids is 1. The van der Waals surface area contributed by atoms with Gasteiger partial charge in [0.25, 0.3) is 0 Å². The lowest BCUT2D eigenvalue weighted by molar-refractivity contribution is -0.143. The van der Waals surface area contributed by atoms with E-state index in [9.17, 15) is 14.7 Å². The number of methoxy groups -OCH3 is 2. The summed E-state index contributed by atoms with van der Waals surface area (Å²) in [6.45, 7) is 3.18. The molecule has 2 aliphatic heterocycles. The predicted octanol–water partition coefficient (Wildman–Crippen LogP) is 5.11. The van der Waals surface area contributed by atoms with Gasteiger partial charge in [0.05, 0.1) is 32.4 Å².